The van der Waals surface area contributed by atoms with Crippen LogP contribution in [0.5, 0.6) is 0 Å². The van der Waals surface area contributed by atoms with E-state index in [-0.39, 0.29) is 23.7 Å². The second-order valence-electron chi connectivity index (χ2n) is 9.87. The quantitative estimate of drug-likeness (QED) is 0.0769. The molecule has 1 aromatic heterocycles. The highest BCUT2D eigenvalue weighted by Crippen LogP contribution is 2.38. The minimum absolute atomic E-state index is 0.0125. The van der Waals surface area contributed by atoms with Gasteiger partial charge >= 0.3 is 0 Å². The number of hydrogen-bond acceptors (Lipinski definition) is 8. The van der Waals surface area contributed by atoms with Crippen molar-refractivity contribution < 1.29 is 24.3 Å². The summed E-state index contributed by atoms with van der Waals surface area (Å²) in [5, 5.41) is 13.3. The molecule has 12 heteroatoms. The predicted octanol–water partition coefficient (Wildman–Crippen LogP) is 4.44. The van der Waals surface area contributed by atoms with E-state index >= 15 is 0 Å². The van der Waals surface area contributed by atoms with Crippen LogP contribution in [0.4, 0.5) is 5.69 Å². The monoisotopic (exact) mass is 639 g/mol. The van der Waals surface area contributed by atoms with E-state index < -0.39 is 0 Å². The summed E-state index contributed by atoms with van der Waals surface area (Å²) in [5.41, 5.74) is 15.3. The van der Waals surface area contributed by atoms with Gasteiger partial charge in [-0.2, -0.15) is 0 Å². The Bertz CT molecular complexity index is 1270. The molecule has 0 saturated carbocycles. The Morgan fingerprint density at radius 1 is 1.00 bits per heavy atom. The van der Waals surface area contributed by atoms with Crippen molar-refractivity contribution in [2.75, 3.05) is 32.6 Å². The maximum absolute atomic E-state index is 13.4. The van der Waals surface area contributed by atoms with E-state index in [4.69, 9.17) is 16.6 Å². The van der Waals surface area contributed by atoms with Gasteiger partial charge in [0.05, 0.1) is 17.1 Å². The summed E-state index contributed by atoms with van der Waals surface area (Å²) in [4.78, 5) is 50.4. The average molecular weight is 640 g/mol. The van der Waals surface area contributed by atoms with Crippen LogP contribution in [0.15, 0.2) is 65.8 Å². The van der Waals surface area contributed by atoms with E-state index in [1.807, 2.05) is 34.9 Å². The Labute approximate surface area is 273 Å². The number of aliphatic imine (C=N–C) groups is 2. The molecule has 0 radical (unpaired) electrons. The maximum atomic E-state index is 13.4. The molecule has 1 heterocycles. The van der Waals surface area contributed by atoms with Gasteiger partial charge in [-0.3, -0.25) is 14.8 Å². The van der Waals surface area contributed by atoms with Crippen molar-refractivity contribution in [2.45, 2.75) is 65.8 Å². The molecule has 0 saturated heterocycles. The number of Topliss-reactive ketones (excluding diaryl/α,β-unsaturated/α-hetero) is 1. The maximum Gasteiger partial charge on any atom is 0.270 e. The molecule has 0 aliphatic rings. The van der Waals surface area contributed by atoms with Crippen LogP contribution >= 0.6 is 0 Å². The zero-order chi connectivity index (χ0) is 35.5. The highest BCUT2D eigenvalue weighted by molar-refractivity contribution is 6.19. The molecule has 0 atom stereocenters. The van der Waals surface area contributed by atoms with Crippen LogP contribution in [0.1, 0.15) is 81.9 Å². The third kappa shape index (κ3) is 16.3. The molecule has 254 valence electrons. The number of aromatic nitrogens is 1. The fourth-order valence-corrected chi connectivity index (χ4v) is 4.03. The number of ketones is 1. The average Bonchev–Trinajstić information content (AvgIpc) is 3.38. The summed E-state index contributed by atoms with van der Waals surface area (Å²) < 4.78 is 2.05. The van der Waals surface area contributed by atoms with Crippen molar-refractivity contribution in [3.8, 4) is 11.3 Å². The van der Waals surface area contributed by atoms with E-state index in [0.29, 0.717) is 49.4 Å². The molecule has 1 amide bonds. The lowest BCUT2D eigenvalue weighted by Crippen LogP contribution is -2.28. The summed E-state index contributed by atoms with van der Waals surface area (Å²) in [5.74, 6) is 0.0768. The molecule has 2 aromatic rings. The highest BCUT2D eigenvalue weighted by Gasteiger charge is 2.30. The Morgan fingerprint density at radius 3 is 2.00 bits per heavy atom. The molecule has 0 unspecified atom stereocenters. The summed E-state index contributed by atoms with van der Waals surface area (Å²) in [7, 11) is 2.80. The Kier molecular flexibility index (Phi) is 25.0. The molecule has 0 aliphatic carbocycles. The second-order valence-corrected chi connectivity index (χ2v) is 9.87. The number of unbranched alkanes of at least 4 members (excludes halogenated alkanes) is 3. The minimum atomic E-state index is -0.166. The zero-order valence-corrected chi connectivity index (χ0v) is 28.2. The third-order valence-corrected chi connectivity index (χ3v) is 5.72. The Hall–Kier alpha value is -4.84. The van der Waals surface area contributed by atoms with Crippen LogP contribution in [-0.2, 0) is 14.4 Å². The summed E-state index contributed by atoms with van der Waals surface area (Å²) in [6.45, 7) is 15.9. The normalized spacial score (nSPS) is 9.96. The van der Waals surface area contributed by atoms with Crippen LogP contribution in [0.2, 0.25) is 0 Å². The first-order valence-corrected chi connectivity index (χ1v) is 15.0. The Morgan fingerprint density at radius 2 is 1.57 bits per heavy atom. The van der Waals surface area contributed by atoms with Crippen LogP contribution in [0, 0.1) is 0 Å². The zero-order valence-electron chi connectivity index (χ0n) is 28.2. The number of nitrogens with one attached hydrogen (secondary N) is 2. The lowest BCUT2D eigenvalue weighted by molar-refractivity contribution is -0.115. The number of benzene rings is 1. The van der Waals surface area contributed by atoms with Crippen LogP contribution in [0.3, 0.4) is 0 Å². The largest absolute Gasteiger partial charge is 0.400 e. The topological polar surface area (TPSA) is 194 Å². The van der Waals surface area contributed by atoms with E-state index in [2.05, 4.69) is 47.6 Å². The van der Waals surface area contributed by atoms with Crippen LogP contribution in [-0.4, -0.2) is 72.9 Å². The number of amides is 1. The van der Waals surface area contributed by atoms with Crippen molar-refractivity contribution >= 4 is 41.6 Å². The van der Waals surface area contributed by atoms with Crippen molar-refractivity contribution in [1.29, 1.82) is 0 Å². The number of nitrogens with two attached hydrogens (primary N) is 2. The summed E-state index contributed by atoms with van der Waals surface area (Å²) >= 11 is 0. The third-order valence-electron chi connectivity index (χ3n) is 5.72. The molecule has 46 heavy (non-hydrogen) atoms. The smallest absolute Gasteiger partial charge is 0.270 e. The van der Waals surface area contributed by atoms with Crippen LogP contribution in [0.25, 0.3) is 11.3 Å². The molecule has 0 spiro atoms. The second kappa shape index (κ2) is 26.6. The molecule has 1 aromatic carbocycles. The van der Waals surface area contributed by atoms with Crippen molar-refractivity contribution in [3.05, 3.63) is 67.0 Å². The molecular weight excluding hydrogens is 586 g/mol. The molecule has 0 fully saturated rings. The minimum Gasteiger partial charge on any atom is -0.400 e. The SMILES string of the molecule is C=CN=C(C=C)c1c(NC)c(C(=O)NCCCCN=C(N)N)n(C(C)C)c1-c1ccccc1.CC(C)=O.CO.O=CCCCC=O. The molecule has 12 nitrogen and oxygen atoms in total. The Balaban J connectivity index is 0. The number of allylic oxidation sites excluding steroid dienone is 1. The fourth-order valence-electron chi connectivity index (χ4n) is 4.03. The van der Waals surface area contributed by atoms with Gasteiger partial charge in [0.2, 0.25) is 0 Å². The standard InChI is InChI=1S/C25H35N7O.C5H8O2.C3H6O.CH4O/c1-6-19(29-7-2)20-21(28-5)23(24(33)30-15-11-12-16-31-25(26)27)32(17(3)4)22(20)18-13-9-8-10-14-18;6-4-2-1-3-5-7;1-3(2)4;1-2/h6-10,13-14,17,28H,1-2,11-12,15-16H2,3-5H3,(H,30,33)(H4,26,27,31);4-5H,1-3H2;1-2H3;2H,1H3. The fraction of sp³-hybridized carbons (Fsp3) is 0.412. The van der Waals surface area contributed by atoms with Gasteiger partial charge in [-0.25, -0.2) is 0 Å². The van der Waals surface area contributed by atoms with Crippen LogP contribution < -0.4 is 22.1 Å². The number of anilines is 1. The number of carbonyl (C=O) groups excluding carboxylic acids is 4. The summed E-state index contributed by atoms with van der Waals surface area (Å²) in [6, 6.07) is 9.98. The first kappa shape index (κ1) is 43.3. The summed E-state index contributed by atoms with van der Waals surface area (Å²) in [6.07, 6.45) is 8.06. The van der Waals surface area contributed by atoms with E-state index in [1.165, 1.54) is 20.0 Å². The van der Waals surface area contributed by atoms with Gasteiger partial charge < -0.3 is 46.2 Å². The van der Waals surface area contributed by atoms with Gasteiger partial charge in [0.25, 0.3) is 5.91 Å². The predicted molar refractivity (Wildman–Crippen MR) is 189 cm³/mol. The number of rotatable bonds is 16. The van der Waals surface area contributed by atoms with Gasteiger partial charge in [-0.15, -0.1) is 0 Å². The molecular formula is C34H53N7O5. The molecule has 0 aliphatic heterocycles. The molecule has 0 bridgehead atoms. The van der Waals surface area contributed by atoms with Crippen molar-refractivity contribution in [2.24, 2.45) is 21.5 Å². The number of aldehydes is 2. The number of guanidine groups is 1. The number of aliphatic hydroxyl groups excluding tert-OH is 1. The van der Waals surface area contributed by atoms with Gasteiger partial charge in [0, 0.05) is 57.9 Å². The number of aliphatic hydroxyl groups is 1. The highest BCUT2D eigenvalue weighted by atomic mass is 16.2. The van der Waals surface area contributed by atoms with Gasteiger partial charge in [0.1, 0.15) is 24.0 Å². The lowest BCUT2D eigenvalue weighted by atomic mass is 10.0. The number of nitrogens with zero attached hydrogens (tertiary/aromatic N) is 3. The first-order chi connectivity index (χ1) is 22.0. The number of hydrogen-bond donors (Lipinski definition) is 5. The molecule has 2 rings (SSSR count). The van der Waals surface area contributed by atoms with Crippen molar-refractivity contribution in [1.82, 2.24) is 9.88 Å². The van der Waals surface area contributed by atoms with Gasteiger partial charge in [-0.05, 0) is 58.6 Å². The number of carbonyl (C=O) groups is 4. The van der Waals surface area contributed by atoms with E-state index in [1.54, 1.807) is 13.1 Å². The molecule has 7 N–H and O–H groups in total. The van der Waals surface area contributed by atoms with Crippen molar-refractivity contribution in [3.63, 3.8) is 0 Å². The first-order valence-electron chi connectivity index (χ1n) is 15.0. The van der Waals surface area contributed by atoms with E-state index in [9.17, 15) is 19.2 Å². The lowest BCUT2D eigenvalue weighted by Gasteiger charge is -2.18. The van der Waals surface area contributed by atoms with Gasteiger partial charge in [0.15, 0.2) is 5.96 Å². The van der Waals surface area contributed by atoms with E-state index in [0.717, 1.165) is 49.3 Å². The van der Waals surface area contributed by atoms with Gasteiger partial charge in [-0.1, -0.05) is 43.5 Å².